The van der Waals surface area contributed by atoms with Gasteiger partial charge in [-0.1, -0.05) is 30.0 Å². The highest BCUT2D eigenvalue weighted by Gasteiger charge is 2.32. The zero-order valence-electron chi connectivity index (χ0n) is 19.8. The van der Waals surface area contributed by atoms with Gasteiger partial charge in [-0.05, 0) is 43.2 Å². The maximum absolute atomic E-state index is 12.9. The van der Waals surface area contributed by atoms with Gasteiger partial charge in [0.2, 0.25) is 5.75 Å². The predicted molar refractivity (Wildman–Crippen MR) is 131 cm³/mol. The van der Waals surface area contributed by atoms with E-state index in [1.54, 1.807) is 25.1 Å². The Labute approximate surface area is 203 Å². The van der Waals surface area contributed by atoms with Crippen LogP contribution < -0.4 is 19.5 Å². The largest absolute Gasteiger partial charge is 0.493 e. The summed E-state index contributed by atoms with van der Waals surface area (Å²) in [5.41, 5.74) is 3.25. The Morgan fingerprint density at radius 3 is 2.41 bits per heavy atom. The fourth-order valence-corrected chi connectivity index (χ4v) is 4.54. The van der Waals surface area contributed by atoms with Crippen LogP contribution in [0, 0.1) is 11.3 Å². The van der Waals surface area contributed by atoms with Gasteiger partial charge >= 0.3 is 5.97 Å². The van der Waals surface area contributed by atoms with Crippen LogP contribution in [0.2, 0.25) is 0 Å². The molecule has 0 spiro atoms. The molecule has 0 fully saturated rings. The number of benzene rings is 2. The van der Waals surface area contributed by atoms with E-state index in [1.807, 2.05) is 25.1 Å². The maximum Gasteiger partial charge on any atom is 0.338 e. The van der Waals surface area contributed by atoms with Crippen LogP contribution in [0.1, 0.15) is 36.6 Å². The summed E-state index contributed by atoms with van der Waals surface area (Å²) in [5, 5.41) is 13.2. The van der Waals surface area contributed by atoms with Gasteiger partial charge in [-0.2, -0.15) is 5.26 Å². The number of hydrogen-bond donors (Lipinski definition) is 1. The van der Waals surface area contributed by atoms with Crippen molar-refractivity contribution in [1.82, 2.24) is 5.32 Å². The van der Waals surface area contributed by atoms with Crippen molar-refractivity contribution in [3.05, 3.63) is 64.4 Å². The Hall–Kier alpha value is -3.64. The summed E-state index contributed by atoms with van der Waals surface area (Å²) in [6.07, 6.45) is 0. The van der Waals surface area contributed by atoms with E-state index in [2.05, 4.69) is 11.4 Å². The predicted octanol–water partition coefficient (Wildman–Crippen LogP) is 4.35. The second-order valence-electron chi connectivity index (χ2n) is 7.24. The van der Waals surface area contributed by atoms with Crippen LogP contribution in [-0.2, 0) is 15.3 Å². The number of nitrogens with zero attached hydrogens (tertiary/aromatic N) is 2. The molecule has 34 heavy (non-hydrogen) atoms. The van der Waals surface area contributed by atoms with E-state index in [0.29, 0.717) is 50.6 Å². The molecule has 0 bridgehead atoms. The molecule has 1 N–H and O–H groups in total. The molecular formula is C25H27N3O5S. The molecule has 2 aromatic rings. The highest BCUT2D eigenvalue weighted by molar-refractivity contribution is 8.13. The van der Waals surface area contributed by atoms with Gasteiger partial charge in [0, 0.05) is 11.4 Å². The normalized spacial score (nSPS) is 15.1. The Balaban J connectivity index is 2.03. The quantitative estimate of drug-likeness (QED) is 0.555. The van der Waals surface area contributed by atoms with Gasteiger partial charge in [-0.25, -0.2) is 9.79 Å². The third kappa shape index (κ3) is 5.29. The van der Waals surface area contributed by atoms with Crippen LogP contribution in [0.3, 0.4) is 0 Å². The van der Waals surface area contributed by atoms with Crippen LogP contribution in [0.4, 0.5) is 0 Å². The van der Waals surface area contributed by atoms with Gasteiger partial charge in [0.25, 0.3) is 0 Å². The van der Waals surface area contributed by atoms with Crippen molar-refractivity contribution >= 4 is 22.9 Å². The Morgan fingerprint density at radius 2 is 1.82 bits per heavy atom. The number of esters is 1. The highest BCUT2D eigenvalue weighted by atomic mass is 32.2. The molecule has 0 amide bonds. The minimum atomic E-state index is -0.650. The lowest BCUT2D eigenvalue weighted by atomic mass is 9.96. The number of hydrogen-bond acceptors (Lipinski definition) is 9. The Morgan fingerprint density at radius 1 is 1.15 bits per heavy atom. The minimum Gasteiger partial charge on any atom is -0.493 e. The summed E-state index contributed by atoms with van der Waals surface area (Å²) in [5.74, 6) is 1.47. The van der Waals surface area contributed by atoms with E-state index in [9.17, 15) is 10.1 Å². The second kappa shape index (κ2) is 11.5. The number of aliphatic imine (C=N–C) groups is 1. The molecule has 178 valence electrons. The van der Waals surface area contributed by atoms with Gasteiger partial charge in [0.1, 0.15) is 6.04 Å². The summed E-state index contributed by atoms with van der Waals surface area (Å²) in [6, 6.07) is 12.6. The number of thioether (sulfide) groups is 1. The first-order valence-corrected chi connectivity index (χ1v) is 11.6. The van der Waals surface area contributed by atoms with Crippen molar-refractivity contribution in [1.29, 1.82) is 5.26 Å². The van der Waals surface area contributed by atoms with Crippen LogP contribution in [0.25, 0.3) is 0 Å². The SMILES string of the molecule is CCOC(=O)C1=C(C)NC(SCc2ccccc2C#N)=N[C@@H]1c1cc(OC)c(OC)c(OC)c1. The lowest BCUT2D eigenvalue weighted by Crippen LogP contribution is -2.30. The average molecular weight is 482 g/mol. The van der Waals surface area contributed by atoms with Crippen molar-refractivity contribution in [3.8, 4) is 23.3 Å². The molecule has 2 aromatic carbocycles. The van der Waals surface area contributed by atoms with Crippen molar-refractivity contribution in [2.45, 2.75) is 25.6 Å². The molecule has 0 unspecified atom stereocenters. The van der Waals surface area contributed by atoms with E-state index in [4.69, 9.17) is 23.9 Å². The minimum absolute atomic E-state index is 0.244. The summed E-state index contributed by atoms with van der Waals surface area (Å²) in [7, 11) is 4.60. The smallest absolute Gasteiger partial charge is 0.338 e. The van der Waals surface area contributed by atoms with Gasteiger partial charge in [-0.15, -0.1) is 0 Å². The van der Waals surface area contributed by atoms with Gasteiger partial charge in [0.05, 0.1) is 45.1 Å². The van der Waals surface area contributed by atoms with Gasteiger partial charge in [-0.3, -0.25) is 0 Å². The van der Waals surface area contributed by atoms with Crippen LogP contribution in [0.5, 0.6) is 17.2 Å². The molecule has 1 aliphatic heterocycles. The average Bonchev–Trinajstić information content (AvgIpc) is 2.86. The molecule has 0 aliphatic carbocycles. The fraction of sp³-hybridized carbons (Fsp3) is 0.320. The van der Waals surface area contributed by atoms with Crippen molar-refractivity contribution in [3.63, 3.8) is 0 Å². The number of nitrogens with one attached hydrogen (secondary N) is 1. The zero-order chi connectivity index (χ0) is 24.7. The Kier molecular flexibility index (Phi) is 8.44. The molecule has 9 heteroatoms. The molecule has 0 radical (unpaired) electrons. The molecule has 8 nitrogen and oxygen atoms in total. The topological polar surface area (TPSA) is 102 Å². The van der Waals surface area contributed by atoms with Crippen molar-refractivity contribution in [2.24, 2.45) is 4.99 Å². The number of amidine groups is 1. The number of rotatable bonds is 8. The van der Waals surface area contributed by atoms with Crippen LogP contribution in [0.15, 0.2) is 52.7 Å². The number of allylic oxidation sites excluding steroid dienone is 1. The van der Waals surface area contributed by atoms with E-state index in [0.717, 1.165) is 5.56 Å². The van der Waals surface area contributed by atoms with Gasteiger partial charge < -0.3 is 24.3 Å². The number of carbonyl (C=O) groups excluding carboxylic acids is 1. The third-order valence-electron chi connectivity index (χ3n) is 5.22. The van der Waals surface area contributed by atoms with Crippen LogP contribution in [-0.4, -0.2) is 39.1 Å². The number of ether oxygens (including phenoxy) is 4. The Bertz CT molecular complexity index is 1140. The highest BCUT2D eigenvalue weighted by Crippen LogP contribution is 2.43. The van der Waals surface area contributed by atoms with Crippen LogP contribution >= 0.6 is 11.8 Å². The van der Waals surface area contributed by atoms with Crippen molar-refractivity contribution < 1.29 is 23.7 Å². The molecule has 3 rings (SSSR count). The lowest BCUT2D eigenvalue weighted by Gasteiger charge is -2.26. The van der Waals surface area contributed by atoms with E-state index >= 15 is 0 Å². The van der Waals surface area contributed by atoms with E-state index < -0.39 is 12.0 Å². The summed E-state index contributed by atoms with van der Waals surface area (Å²) in [6.45, 7) is 3.82. The summed E-state index contributed by atoms with van der Waals surface area (Å²) >= 11 is 1.45. The molecular weight excluding hydrogens is 454 g/mol. The van der Waals surface area contributed by atoms with E-state index in [1.165, 1.54) is 33.1 Å². The third-order valence-corrected chi connectivity index (χ3v) is 6.15. The summed E-state index contributed by atoms with van der Waals surface area (Å²) < 4.78 is 21.8. The van der Waals surface area contributed by atoms with Gasteiger partial charge in [0.15, 0.2) is 16.7 Å². The first-order valence-electron chi connectivity index (χ1n) is 10.6. The molecule has 1 atom stereocenters. The first kappa shape index (κ1) is 25.0. The molecule has 0 saturated carbocycles. The molecule has 1 aliphatic rings. The number of carbonyl (C=O) groups is 1. The maximum atomic E-state index is 12.9. The lowest BCUT2D eigenvalue weighted by molar-refractivity contribution is -0.138. The number of nitriles is 1. The van der Waals surface area contributed by atoms with E-state index in [-0.39, 0.29) is 6.61 Å². The van der Waals surface area contributed by atoms with Crippen molar-refractivity contribution in [2.75, 3.05) is 27.9 Å². The molecule has 1 heterocycles. The monoisotopic (exact) mass is 481 g/mol. The second-order valence-corrected chi connectivity index (χ2v) is 8.20. The number of methoxy groups -OCH3 is 3. The molecule has 0 saturated heterocycles. The zero-order valence-corrected chi connectivity index (χ0v) is 20.6. The first-order chi connectivity index (χ1) is 16.5. The standard InChI is InChI=1S/C25H27N3O5S/c1-6-33-24(29)21-15(2)27-25(34-14-17-10-8-7-9-16(17)13-26)28-22(21)18-11-19(30-3)23(32-5)20(12-18)31-4/h7-12,22H,6,14H2,1-5H3,(H,27,28)/t22-/m1/s1. The molecule has 0 aromatic heterocycles. The fourth-order valence-electron chi connectivity index (χ4n) is 3.60. The summed E-state index contributed by atoms with van der Waals surface area (Å²) in [4.78, 5) is 17.7.